The Hall–Kier alpha value is -3.49. The zero-order chi connectivity index (χ0) is 20.1. The molecule has 0 fully saturated rings. The van der Waals surface area contributed by atoms with Crippen molar-refractivity contribution in [2.24, 2.45) is 5.73 Å². The quantitative estimate of drug-likeness (QED) is 0.510. The predicted molar refractivity (Wildman–Crippen MR) is 108 cm³/mol. The van der Waals surface area contributed by atoms with Gasteiger partial charge < -0.3 is 21.5 Å². The average molecular weight is 395 g/mol. The van der Waals surface area contributed by atoms with Gasteiger partial charge in [0, 0.05) is 12.2 Å². The molecule has 7 nitrogen and oxygen atoms in total. The van der Waals surface area contributed by atoms with Crippen LogP contribution in [-0.2, 0) is 6.54 Å². The summed E-state index contributed by atoms with van der Waals surface area (Å²) in [6.45, 7) is 0.383. The van der Waals surface area contributed by atoms with Crippen LogP contribution in [0.1, 0.15) is 36.0 Å². The number of hydrogen-bond donors (Lipinski definition) is 4. The minimum Gasteiger partial charge on any atom is -0.478 e. The molecule has 3 rings (SSSR count). The number of carbonyl (C=O) groups is 3. The number of hydrogen-bond acceptors (Lipinski definition) is 5. The van der Waals surface area contributed by atoms with Crippen LogP contribution in [0.15, 0.2) is 60.0 Å². The Balaban J connectivity index is 1.89. The molecule has 0 spiro atoms. The van der Waals surface area contributed by atoms with E-state index in [1.807, 2.05) is 0 Å². The van der Waals surface area contributed by atoms with E-state index in [4.69, 9.17) is 5.73 Å². The first-order valence-corrected chi connectivity index (χ1v) is 9.18. The first-order valence-electron chi connectivity index (χ1n) is 8.30. The Kier molecular flexibility index (Phi) is 5.83. The van der Waals surface area contributed by atoms with Crippen molar-refractivity contribution in [3.8, 4) is 0 Å². The molecule has 0 saturated carbocycles. The second-order valence-corrected chi connectivity index (χ2v) is 6.80. The van der Waals surface area contributed by atoms with Gasteiger partial charge in [0.05, 0.1) is 21.7 Å². The van der Waals surface area contributed by atoms with Crippen molar-refractivity contribution in [1.82, 2.24) is 0 Å². The summed E-state index contributed by atoms with van der Waals surface area (Å²) in [5.74, 6) is -2.08. The highest BCUT2D eigenvalue weighted by Gasteiger charge is 2.18. The molecule has 3 aromatic rings. The molecule has 0 aliphatic carbocycles. The maximum atomic E-state index is 12.8. The molecule has 0 unspecified atom stereocenters. The van der Waals surface area contributed by atoms with Gasteiger partial charge in [0.15, 0.2) is 0 Å². The van der Waals surface area contributed by atoms with Crippen LogP contribution in [0.2, 0.25) is 0 Å². The van der Waals surface area contributed by atoms with Gasteiger partial charge in [-0.3, -0.25) is 9.59 Å². The van der Waals surface area contributed by atoms with E-state index in [0.717, 1.165) is 5.56 Å². The van der Waals surface area contributed by atoms with Crippen LogP contribution in [0.25, 0.3) is 0 Å². The van der Waals surface area contributed by atoms with Gasteiger partial charge >= 0.3 is 5.97 Å². The lowest BCUT2D eigenvalue weighted by Crippen LogP contribution is -2.18. The second kappa shape index (κ2) is 8.47. The molecule has 1 heterocycles. The molecular formula is C20H17N3O4S. The van der Waals surface area contributed by atoms with Crippen molar-refractivity contribution in [3.63, 3.8) is 0 Å². The topological polar surface area (TPSA) is 122 Å². The van der Waals surface area contributed by atoms with Crippen molar-refractivity contribution in [2.75, 3.05) is 10.6 Å². The Morgan fingerprint density at radius 2 is 1.71 bits per heavy atom. The Bertz CT molecular complexity index is 1010. The lowest BCUT2D eigenvalue weighted by molar-refractivity contribution is 0.0696. The lowest BCUT2D eigenvalue weighted by atomic mass is 10.1. The number of nitrogens with one attached hydrogen (secondary N) is 2. The summed E-state index contributed by atoms with van der Waals surface area (Å²) in [5, 5.41) is 16.4. The van der Waals surface area contributed by atoms with Crippen molar-refractivity contribution < 1.29 is 19.5 Å². The van der Waals surface area contributed by atoms with Crippen molar-refractivity contribution in [2.45, 2.75) is 6.54 Å². The first-order chi connectivity index (χ1) is 13.5. The molecular weight excluding hydrogens is 378 g/mol. The summed E-state index contributed by atoms with van der Waals surface area (Å²) in [5.41, 5.74) is 7.21. The Morgan fingerprint density at radius 3 is 2.32 bits per heavy atom. The molecule has 142 valence electrons. The minimum absolute atomic E-state index is 0.0488. The van der Waals surface area contributed by atoms with E-state index in [9.17, 15) is 19.5 Å². The molecule has 8 heteroatoms. The highest BCUT2D eigenvalue weighted by Crippen LogP contribution is 2.22. The molecule has 28 heavy (non-hydrogen) atoms. The van der Waals surface area contributed by atoms with Gasteiger partial charge in [0.1, 0.15) is 0 Å². The SMILES string of the molecule is NCc1ccc(NC(=O)c2cc(C(=O)O)ccc2NC(=O)c2cccs2)cc1. The number of benzene rings is 2. The van der Waals surface area contributed by atoms with Crippen molar-refractivity contribution in [1.29, 1.82) is 0 Å². The molecule has 0 aliphatic heterocycles. The summed E-state index contributed by atoms with van der Waals surface area (Å²) in [4.78, 5) is 36.9. The number of aromatic carboxylic acids is 1. The van der Waals surface area contributed by atoms with Crippen LogP contribution in [0.4, 0.5) is 11.4 Å². The molecule has 5 N–H and O–H groups in total. The third-order valence-electron chi connectivity index (χ3n) is 3.95. The molecule has 0 bridgehead atoms. The molecule has 0 atom stereocenters. The molecule has 2 aromatic carbocycles. The van der Waals surface area contributed by atoms with Gasteiger partial charge in [-0.05, 0) is 47.3 Å². The first kappa shape index (κ1) is 19.3. The third-order valence-corrected chi connectivity index (χ3v) is 4.82. The van der Waals surface area contributed by atoms with E-state index in [1.165, 1.54) is 29.5 Å². The predicted octanol–water partition coefficient (Wildman–Crippen LogP) is 3.41. The molecule has 0 aliphatic rings. The number of carbonyl (C=O) groups excluding carboxylic acids is 2. The number of anilines is 2. The Morgan fingerprint density at radius 1 is 0.964 bits per heavy atom. The van der Waals surface area contributed by atoms with Gasteiger partial charge in [-0.2, -0.15) is 0 Å². The normalized spacial score (nSPS) is 10.3. The van der Waals surface area contributed by atoms with Crippen molar-refractivity contribution in [3.05, 3.63) is 81.5 Å². The average Bonchev–Trinajstić information content (AvgIpc) is 3.23. The fraction of sp³-hybridized carbons (Fsp3) is 0.0500. The van der Waals surface area contributed by atoms with Gasteiger partial charge in [0.25, 0.3) is 11.8 Å². The summed E-state index contributed by atoms with van der Waals surface area (Å²) < 4.78 is 0. The van der Waals surface area contributed by atoms with E-state index in [-0.39, 0.29) is 22.7 Å². The highest BCUT2D eigenvalue weighted by atomic mass is 32.1. The van der Waals surface area contributed by atoms with Crippen molar-refractivity contribution >= 4 is 40.5 Å². The second-order valence-electron chi connectivity index (χ2n) is 5.85. The van der Waals surface area contributed by atoms with Crippen LogP contribution >= 0.6 is 11.3 Å². The lowest BCUT2D eigenvalue weighted by Gasteiger charge is -2.12. The van der Waals surface area contributed by atoms with Gasteiger partial charge in [-0.1, -0.05) is 18.2 Å². The zero-order valence-corrected chi connectivity index (χ0v) is 15.5. The van der Waals surface area contributed by atoms with Crippen LogP contribution in [-0.4, -0.2) is 22.9 Å². The third kappa shape index (κ3) is 4.43. The molecule has 0 radical (unpaired) electrons. The fourth-order valence-electron chi connectivity index (χ4n) is 2.49. The summed E-state index contributed by atoms with van der Waals surface area (Å²) >= 11 is 1.26. The number of carboxylic acid groups (broad SMARTS) is 1. The zero-order valence-electron chi connectivity index (χ0n) is 14.6. The number of rotatable bonds is 6. The van der Waals surface area contributed by atoms with E-state index in [1.54, 1.807) is 41.8 Å². The van der Waals surface area contributed by atoms with E-state index < -0.39 is 11.9 Å². The maximum absolute atomic E-state index is 12.8. The largest absolute Gasteiger partial charge is 0.478 e. The van der Waals surface area contributed by atoms with Crippen LogP contribution in [0.5, 0.6) is 0 Å². The fourth-order valence-corrected chi connectivity index (χ4v) is 3.11. The van der Waals surface area contributed by atoms with Crippen LogP contribution < -0.4 is 16.4 Å². The number of thiophene rings is 1. The van der Waals surface area contributed by atoms with Gasteiger partial charge in [0.2, 0.25) is 0 Å². The number of carboxylic acids is 1. The van der Waals surface area contributed by atoms with E-state index >= 15 is 0 Å². The summed E-state index contributed by atoms with van der Waals surface area (Å²) in [6.07, 6.45) is 0. The highest BCUT2D eigenvalue weighted by molar-refractivity contribution is 7.12. The van der Waals surface area contributed by atoms with Gasteiger partial charge in [-0.25, -0.2) is 4.79 Å². The Labute approximate surface area is 164 Å². The minimum atomic E-state index is -1.17. The molecule has 1 aromatic heterocycles. The van der Waals surface area contributed by atoms with E-state index in [2.05, 4.69) is 10.6 Å². The van der Waals surface area contributed by atoms with Crippen LogP contribution in [0.3, 0.4) is 0 Å². The molecule has 2 amide bonds. The molecule has 0 saturated heterocycles. The summed E-state index contributed by atoms with van der Waals surface area (Å²) in [7, 11) is 0. The smallest absolute Gasteiger partial charge is 0.335 e. The van der Waals surface area contributed by atoms with Gasteiger partial charge in [-0.15, -0.1) is 11.3 Å². The van der Waals surface area contributed by atoms with Crippen LogP contribution in [0, 0.1) is 0 Å². The van der Waals surface area contributed by atoms with E-state index in [0.29, 0.717) is 17.1 Å². The monoisotopic (exact) mass is 395 g/mol. The summed E-state index contributed by atoms with van der Waals surface area (Å²) in [6, 6.07) is 14.3. The number of nitrogens with two attached hydrogens (primary N) is 1. The number of amides is 2. The standard InChI is InChI=1S/C20H17N3O4S/c21-11-12-3-6-14(7-4-12)22-18(24)15-10-13(20(26)27)5-8-16(15)23-19(25)17-2-1-9-28-17/h1-10H,11,21H2,(H,22,24)(H,23,25)(H,26,27). The maximum Gasteiger partial charge on any atom is 0.335 e.